The molecule has 4 atom stereocenters. The van der Waals surface area contributed by atoms with Crippen molar-refractivity contribution in [3.05, 3.63) is 0 Å². The first-order valence-corrected chi connectivity index (χ1v) is 10.3. The SMILES string of the molecule is CCCCO[P@@](C)(=O)OC[C@H]1CCC[NH+]2CCCC[C@H]12. The first-order valence-electron chi connectivity index (χ1n) is 8.33. The van der Waals surface area contributed by atoms with Gasteiger partial charge in [-0.05, 0) is 38.5 Å². The Labute approximate surface area is 123 Å². The van der Waals surface area contributed by atoms with Crippen molar-refractivity contribution in [3.63, 3.8) is 0 Å². The van der Waals surface area contributed by atoms with Crippen molar-refractivity contribution in [2.24, 2.45) is 5.92 Å². The van der Waals surface area contributed by atoms with E-state index in [9.17, 15) is 4.57 Å². The fourth-order valence-electron chi connectivity index (χ4n) is 3.62. The van der Waals surface area contributed by atoms with E-state index in [1.54, 1.807) is 11.6 Å². The highest BCUT2D eigenvalue weighted by molar-refractivity contribution is 7.52. The average molecular weight is 304 g/mol. The van der Waals surface area contributed by atoms with E-state index in [2.05, 4.69) is 6.92 Å². The van der Waals surface area contributed by atoms with Crippen LogP contribution in [0.15, 0.2) is 0 Å². The average Bonchev–Trinajstić information content (AvgIpc) is 2.45. The number of unbranched alkanes of at least 4 members (excludes halogenated alkanes) is 1. The number of piperidine rings is 2. The molecule has 0 aromatic rings. The molecule has 0 bridgehead atoms. The van der Waals surface area contributed by atoms with Gasteiger partial charge in [-0.25, -0.2) is 0 Å². The summed E-state index contributed by atoms with van der Waals surface area (Å²) in [5.41, 5.74) is 0. The van der Waals surface area contributed by atoms with Crippen LogP contribution in [0.3, 0.4) is 0 Å². The summed E-state index contributed by atoms with van der Waals surface area (Å²) in [4.78, 5) is 1.76. The van der Waals surface area contributed by atoms with Gasteiger partial charge in [-0.1, -0.05) is 13.3 Å². The third-order valence-corrected chi connectivity index (χ3v) is 6.05. The first-order chi connectivity index (χ1) is 9.62. The Kier molecular flexibility index (Phi) is 6.54. The summed E-state index contributed by atoms with van der Waals surface area (Å²) >= 11 is 0. The van der Waals surface area contributed by atoms with Crippen LogP contribution >= 0.6 is 7.60 Å². The van der Waals surface area contributed by atoms with E-state index in [-0.39, 0.29) is 0 Å². The Morgan fingerprint density at radius 2 is 1.95 bits per heavy atom. The highest BCUT2D eigenvalue weighted by Gasteiger charge is 2.37. The van der Waals surface area contributed by atoms with Crippen molar-refractivity contribution in [3.8, 4) is 0 Å². The van der Waals surface area contributed by atoms with Crippen LogP contribution in [0.1, 0.15) is 51.9 Å². The fraction of sp³-hybridized carbons (Fsp3) is 1.00. The third-order valence-electron chi connectivity index (χ3n) is 4.78. The smallest absolute Gasteiger partial charge is 0.327 e. The topological polar surface area (TPSA) is 40.0 Å². The number of fused-ring (bicyclic) bond motifs is 1. The van der Waals surface area contributed by atoms with Crippen LogP contribution in [0.2, 0.25) is 0 Å². The quantitative estimate of drug-likeness (QED) is 0.580. The number of hydrogen-bond donors (Lipinski definition) is 1. The van der Waals surface area contributed by atoms with Gasteiger partial charge in [-0.2, -0.15) is 0 Å². The lowest BCUT2D eigenvalue weighted by Crippen LogP contribution is -3.18. The number of hydrogen-bond acceptors (Lipinski definition) is 3. The van der Waals surface area contributed by atoms with Gasteiger partial charge in [0.2, 0.25) is 0 Å². The van der Waals surface area contributed by atoms with Gasteiger partial charge in [0, 0.05) is 12.6 Å². The molecular formula is C15H31NO3P+. The molecule has 4 nitrogen and oxygen atoms in total. The molecule has 0 spiro atoms. The standard InChI is InChI=1S/C15H30NO3P/c1-3-4-12-18-20(2,17)19-13-14-8-7-11-16-10-6-5-9-15(14)16/h14-15H,3-13H2,1-2H3/p+1/t14-,15-,20-/m1/s1. The summed E-state index contributed by atoms with van der Waals surface area (Å²) in [7, 11) is -2.85. The maximum Gasteiger partial charge on any atom is 0.327 e. The molecule has 2 rings (SSSR count). The first kappa shape index (κ1) is 16.5. The summed E-state index contributed by atoms with van der Waals surface area (Å²) in [5.74, 6) is 0.571. The lowest BCUT2D eigenvalue weighted by Gasteiger charge is -2.41. The molecule has 118 valence electrons. The Hall–Kier alpha value is 0.110. The predicted molar refractivity (Wildman–Crippen MR) is 81.4 cm³/mol. The molecule has 1 unspecified atom stereocenters. The van der Waals surface area contributed by atoms with Gasteiger partial charge in [0.1, 0.15) is 0 Å². The third kappa shape index (κ3) is 4.84. The van der Waals surface area contributed by atoms with E-state index in [0.717, 1.165) is 18.9 Å². The molecule has 2 aliphatic rings. The van der Waals surface area contributed by atoms with Crippen molar-refractivity contribution in [2.45, 2.75) is 57.9 Å². The summed E-state index contributed by atoms with van der Waals surface area (Å²) in [5, 5.41) is 0. The Balaban J connectivity index is 1.78. The second-order valence-corrected chi connectivity index (χ2v) is 8.48. The van der Waals surface area contributed by atoms with Gasteiger partial charge in [-0.3, -0.25) is 4.57 Å². The van der Waals surface area contributed by atoms with Gasteiger partial charge in [-0.15, -0.1) is 0 Å². The molecule has 0 saturated carbocycles. The van der Waals surface area contributed by atoms with Crippen molar-refractivity contribution < 1.29 is 18.5 Å². The van der Waals surface area contributed by atoms with Crippen LogP contribution in [-0.4, -0.2) is 39.0 Å². The van der Waals surface area contributed by atoms with E-state index in [1.807, 2.05) is 0 Å². The van der Waals surface area contributed by atoms with Gasteiger partial charge in [0.05, 0.1) is 32.3 Å². The second kappa shape index (κ2) is 7.93. The molecular weight excluding hydrogens is 273 g/mol. The van der Waals surface area contributed by atoms with Gasteiger partial charge < -0.3 is 13.9 Å². The number of rotatable bonds is 7. The molecule has 0 radical (unpaired) electrons. The monoisotopic (exact) mass is 304 g/mol. The van der Waals surface area contributed by atoms with Crippen molar-refractivity contribution in [1.82, 2.24) is 0 Å². The maximum atomic E-state index is 12.2. The highest BCUT2D eigenvalue weighted by Crippen LogP contribution is 2.44. The number of quaternary nitrogens is 1. The van der Waals surface area contributed by atoms with E-state index >= 15 is 0 Å². The molecule has 2 aliphatic heterocycles. The molecule has 0 aliphatic carbocycles. The summed E-state index contributed by atoms with van der Waals surface area (Å²) < 4.78 is 23.3. The summed E-state index contributed by atoms with van der Waals surface area (Å²) in [6.45, 7) is 7.53. The minimum Gasteiger partial charge on any atom is -0.332 e. The fourth-order valence-corrected chi connectivity index (χ4v) is 4.62. The van der Waals surface area contributed by atoms with Crippen molar-refractivity contribution in [1.29, 1.82) is 0 Å². The van der Waals surface area contributed by atoms with Gasteiger partial charge in [0.15, 0.2) is 0 Å². The number of nitrogens with one attached hydrogen (secondary N) is 1. The largest absolute Gasteiger partial charge is 0.332 e. The van der Waals surface area contributed by atoms with E-state index in [4.69, 9.17) is 9.05 Å². The molecule has 2 saturated heterocycles. The Bertz CT molecular complexity index is 335. The van der Waals surface area contributed by atoms with E-state index in [0.29, 0.717) is 19.1 Å². The molecule has 20 heavy (non-hydrogen) atoms. The summed E-state index contributed by atoms with van der Waals surface area (Å²) in [6, 6.07) is 0.730. The van der Waals surface area contributed by atoms with Crippen LogP contribution in [0, 0.1) is 5.92 Å². The Morgan fingerprint density at radius 1 is 1.15 bits per heavy atom. The zero-order valence-electron chi connectivity index (χ0n) is 13.1. The minimum atomic E-state index is -2.85. The molecule has 0 aromatic carbocycles. The highest BCUT2D eigenvalue weighted by atomic mass is 31.2. The summed E-state index contributed by atoms with van der Waals surface area (Å²) in [6.07, 6.45) is 8.54. The normalized spacial score (nSPS) is 33.4. The second-order valence-electron chi connectivity index (χ2n) is 6.42. The van der Waals surface area contributed by atoms with Crippen molar-refractivity contribution in [2.75, 3.05) is 33.0 Å². The minimum absolute atomic E-state index is 0.551. The van der Waals surface area contributed by atoms with E-state index in [1.165, 1.54) is 45.2 Å². The molecule has 5 heteroatoms. The lowest BCUT2D eigenvalue weighted by molar-refractivity contribution is -0.940. The molecule has 2 fully saturated rings. The maximum absolute atomic E-state index is 12.2. The molecule has 2 heterocycles. The molecule has 0 amide bonds. The van der Waals surface area contributed by atoms with Crippen LogP contribution in [0.25, 0.3) is 0 Å². The molecule has 0 aromatic heterocycles. The predicted octanol–water partition coefficient (Wildman–Crippen LogP) is 2.49. The van der Waals surface area contributed by atoms with Crippen molar-refractivity contribution >= 4 is 7.60 Å². The van der Waals surface area contributed by atoms with Crippen LogP contribution in [0.4, 0.5) is 0 Å². The zero-order valence-corrected chi connectivity index (χ0v) is 14.0. The zero-order chi connectivity index (χ0) is 14.4. The van der Waals surface area contributed by atoms with Gasteiger partial charge >= 0.3 is 7.60 Å². The van der Waals surface area contributed by atoms with E-state index < -0.39 is 7.60 Å². The molecule has 1 N–H and O–H groups in total. The Morgan fingerprint density at radius 3 is 2.75 bits per heavy atom. The van der Waals surface area contributed by atoms with Crippen LogP contribution < -0.4 is 4.90 Å². The van der Waals surface area contributed by atoms with Gasteiger partial charge in [0.25, 0.3) is 0 Å². The van der Waals surface area contributed by atoms with Crippen LogP contribution in [-0.2, 0) is 13.6 Å². The lowest BCUT2D eigenvalue weighted by atomic mass is 9.84. The van der Waals surface area contributed by atoms with Crippen LogP contribution in [0.5, 0.6) is 0 Å².